The minimum Gasteiger partial charge on any atom is -0.480 e. The molecule has 120 valence electrons. The highest BCUT2D eigenvalue weighted by Gasteiger charge is 2.24. The fourth-order valence-corrected chi connectivity index (χ4v) is 0.703. The molecule has 0 saturated heterocycles. The highest BCUT2D eigenvalue weighted by Crippen LogP contribution is 2.08. The maximum Gasteiger partial charge on any atom is 0.446 e. The number of likely N-dealkylation sites (N-methyl/N-ethyl adjacent to an activating group) is 1. The molecule has 0 aliphatic carbocycles. The molecule has 0 spiro atoms. The Morgan fingerprint density at radius 2 is 1.71 bits per heavy atom. The van der Waals surface area contributed by atoms with E-state index >= 15 is 0 Å². The number of carbonyl (C=O) groups is 3. The van der Waals surface area contributed by atoms with Crippen LogP contribution in [0.15, 0.2) is 0 Å². The van der Waals surface area contributed by atoms with Gasteiger partial charge in [-0.2, -0.15) is 13.2 Å². The van der Waals surface area contributed by atoms with Crippen molar-refractivity contribution in [1.29, 1.82) is 0 Å². The summed E-state index contributed by atoms with van der Waals surface area (Å²) in [6.07, 6.45) is -5.70. The molecule has 9 heteroatoms. The van der Waals surface area contributed by atoms with Crippen molar-refractivity contribution in [3.05, 3.63) is 0 Å². The van der Waals surface area contributed by atoms with Crippen LogP contribution in [0.2, 0.25) is 0 Å². The molecule has 0 fully saturated rings. The van der Waals surface area contributed by atoms with Gasteiger partial charge in [-0.05, 0) is 26.9 Å². The van der Waals surface area contributed by atoms with E-state index in [1.807, 2.05) is 19.0 Å². The van der Waals surface area contributed by atoms with Crippen molar-refractivity contribution in [2.24, 2.45) is 0 Å². The summed E-state index contributed by atoms with van der Waals surface area (Å²) in [4.78, 5) is 33.5. The van der Waals surface area contributed by atoms with Crippen LogP contribution >= 0.6 is 0 Å². The van der Waals surface area contributed by atoms with Crippen LogP contribution in [0.4, 0.5) is 13.2 Å². The van der Waals surface area contributed by atoms with Gasteiger partial charge in [-0.25, -0.2) is 4.79 Å². The van der Waals surface area contributed by atoms with E-state index in [2.05, 4.69) is 11.8 Å². The van der Waals surface area contributed by atoms with Crippen molar-refractivity contribution in [3.63, 3.8) is 0 Å². The largest absolute Gasteiger partial charge is 0.480 e. The van der Waals surface area contributed by atoms with E-state index in [9.17, 15) is 22.8 Å². The van der Waals surface area contributed by atoms with Crippen molar-refractivity contribution >= 4 is 18.2 Å². The quantitative estimate of drug-likeness (QED) is 0.596. The molecular formula is C12H17F3N2O4. The topological polar surface area (TPSA) is 77.9 Å². The highest BCUT2D eigenvalue weighted by atomic mass is 19.4. The fraction of sp³-hybridized carbons (Fsp3) is 0.583. The Bertz CT molecular complexity index is 424. The molecule has 1 atom stereocenters. The number of carboxylic acid groups (broad SMARTS) is 1. The molecular weight excluding hydrogens is 293 g/mol. The van der Waals surface area contributed by atoms with Crippen LogP contribution in [0.25, 0.3) is 0 Å². The Hall–Kier alpha value is -2.08. The number of aliphatic carboxylic acids is 1. The van der Waals surface area contributed by atoms with E-state index in [0.29, 0.717) is 6.54 Å². The molecule has 0 aliphatic rings. The Balaban J connectivity index is 0. The van der Waals surface area contributed by atoms with Gasteiger partial charge in [0.25, 0.3) is 5.91 Å². The van der Waals surface area contributed by atoms with E-state index in [1.165, 1.54) is 14.0 Å². The third-order valence-electron chi connectivity index (χ3n) is 1.98. The lowest BCUT2D eigenvalue weighted by Gasteiger charge is -2.18. The number of carboxylic acids is 1. The van der Waals surface area contributed by atoms with E-state index in [4.69, 9.17) is 9.90 Å². The van der Waals surface area contributed by atoms with Crippen LogP contribution in [-0.2, 0) is 14.4 Å². The second kappa shape index (κ2) is 9.77. The molecule has 6 nitrogen and oxygen atoms in total. The van der Waals surface area contributed by atoms with Crippen LogP contribution in [0.3, 0.4) is 0 Å². The summed E-state index contributed by atoms with van der Waals surface area (Å²) >= 11 is 0. The van der Waals surface area contributed by atoms with Gasteiger partial charge in [0.15, 0.2) is 0 Å². The number of halogens is 3. The number of hydrogen-bond donors (Lipinski definition) is 1. The molecule has 21 heavy (non-hydrogen) atoms. The van der Waals surface area contributed by atoms with Gasteiger partial charge < -0.3 is 10.0 Å². The van der Waals surface area contributed by atoms with Gasteiger partial charge in [0.1, 0.15) is 6.04 Å². The zero-order valence-electron chi connectivity index (χ0n) is 12.1. The normalized spacial score (nSPS) is 11.4. The summed E-state index contributed by atoms with van der Waals surface area (Å²) in [5.41, 5.74) is 0. The SMILES string of the molecule is C[C@@H](C(=O)O)N(C)C(=O)C#CCN(C)C.O=CC(F)(F)F. The van der Waals surface area contributed by atoms with Crippen LogP contribution in [0, 0.1) is 11.8 Å². The zero-order chi connectivity index (χ0) is 17.2. The molecule has 0 heterocycles. The van der Waals surface area contributed by atoms with Crippen molar-refractivity contribution in [1.82, 2.24) is 9.80 Å². The molecule has 0 aromatic carbocycles. The molecule has 0 aliphatic heterocycles. The average molecular weight is 310 g/mol. The van der Waals surface area contributed by atoms with Crippen molar-refractivity contribution < 1.29 is 32.7 Å². The molecule has 0 saturated carbocycles. The molecule has 0 aromatic rings. The number of alkyl halides is 3. The van der Waals surface area contributed by atoms with Gasteiger partial charge in [-0.15, -0.1) is 0 Å². The molecule has 0 unspecified atom stereocenters. The number of hydrogen-bond acceptors (Lipinski definition) is 4. The first-order valence-electron chi connectivity index (χ1n) is 5.58. The van der Waals surface area contributed by atoms with Crippen LogP contribution in [-0.4, -0.2) is 73.0 Å². The Labute approximate surface area is 120 Å². The summed E-state index contributed by atoms with van der Waals surface area (Å²) in [6.45, 7) is 1.91. The van der Waals surface area contributed by atoms with Gasteiger partial charge in [0, 0.05) is 7.05 Å². The predicted molar refractivity (Wildman–Crippen MR) is 68.3 cm³/mol. The van der Waals surface area contributed by atoms with E-state index in [0.717, 1.165) is 4.90 Å². The summed E-state index contributed by atoms with van der Waals surface area (Å²) < 4.78 is 31.2. The fourth-order valence-electron chi connectivity index (χ4n) is 0.703. The number of nitrogens with zero attached hydrogens (tertiary/aromatic N) is 2. The molecule has 0 aromatic heterocycles. The van der Waals surface area contributed by atoms with Gasteiger partial charge in [0.2, 0.25) is 6.29 Å². The Morgan fingerprint density at radius 1 is 1.29 bits per heavy atom. The summed E-state index contributed by atoms with van der Waals surface area (Å²) in [6, 6.07) is -0.855. The molecule has 0 radical (unpaired) electrons. The van der Waals surface area contributed by atoms with Crippen LogP contribution in [0.5, 0.6) is 0 Å². The lowest BCUT2D eigenvalue weighted by Crippen LogP contribution is -2.39. The lowest BCUT2D eigenvalue weighted by atomic mass is 10.3. The van der Waals surface area contributed by atoms with Gasteiger partial charge in [-0.3, -0.25) is 14.5 Å². The summed E-state index contributed by atoms with van der Waals surface area (Å²) in [7, 11) is 5.09. The van der Waals surface area contributed by atoms with Gasteiger partial charge in [0.05, 0.1) is 6.54 Å². The monoisotopic (exact) mass is 310 g/mol. The van der Waals surface area contributed by atoms with Crippen molar-refractivity contribution in [3.8, 4) is 11.8 Å². The van der Waals surface area contributed by atoms with Crippen LogP contribution in [0.1, 0.15) is 6.92 Å². The standard InChI is InChI=1S/C10H16N2O3.C2HF3O/c1-8(10(14)15)12(4)9(13)6-5-7-11(2)3;3-2(4,5)1-6/h8H,7H2,1-4H3,(H,14,15);1H/t8-;/m0./s1. The smallest absolute Gasteiger partial charge is 0.446 e. The number of rotatable bonds is 3. The number of aldehydes is 1. The van der Waals surface area contributed by atoms with E-state index in [-0.39, 0.29) is 0 Å². The number of amides is 1. The third kappa shape index (κ3) is 12.7. The average Bonchev–Trinajstić information content (AvgIpc) is 2.36. The maximum absolute atomic E-state index is 11.3. The number of carbonyl (C=O) groups excluding carboxylic acids is 2. The lowest BCUT2D eigenvalue weighted by molar-refractivity contribution is -0.156. The predicted octanol–water partition coefficient (Wildman–Crippen LogP) is 0.230. The minimum absolute atomic E-state index is 0.473. The minimum atomic E-state index is -4.64. The Morgan fingerprint density at radius 3 is 2.00 bits per heavy atom. The third-order valence-corrected chi connectivity index (χ3v) is 1.98. The summed E-state index contributed by atoms with van der Waals surface area (Å²) in [5, 5.41) is 8.66. The Kier molecular flexibility index (Phi) is 9.87. The summed E-state index contributed by atoms with van der Waals surface area (Å²) in [5.74, 6) is 3.51. The van der Waals surface area contributed by atoms with Crippen molar-refractivity contribution in [2.75, 3.05) is 27.7 Å². The van der Waals surface area contributed by atoms with Gasteiger partial charge >= 0.3 is 12.1 Å². The first kappa shape index (κ1) is 21.2. The van der Waals surface area contributed by atoms with Gasteiger partial charge in [-0.1, -0.05) is 5.92 Å². The first-order valence-corrected chi connectivity index (χ1v) is 5.58. The highest BCUT2D eigenvalue weighted by molar-refractivity contribution is 5.95. The molecule has 1 N–H and O–H groups in total. The molecule has 1 amide bonds. The first-order chi connectivity index (χ1) is 9.42. The second-order valence-electron chi connectivity index (χ2n) is 4.13. The zero-order valence-corrected chi connectivity index (χ0v) is 12.1. The van der Waals surface area contributed by atoms with Crippen LogP contribution < -0.4 is 0 Å². The molecule has 0 rings (SSSR count). The van der Waals surface area contributed by atoms with E-state index < -0.39 is 30.4 Å². The molecule has 0 bridgehead atoms. The van der Waals surface area contributed by atoms with E-state index in [1.54, 1.807) is 0 Å². The van der Waals surface area contributed by atoms with Crippen molar-refractivity contribution in [2.45, 2.75) is 19.1 Å². The second-order valence-corrected chi connectivity index (χ2v) is 4.13. The maximum atomic E-state index is 11.3.